The van der Waals surface area contributed by atoms with Crippen molar-refractivity contribution in [2.45, 2.75) is 25.8 Å². The number of amides is 1. The van der Waals surface area contributed by atoms with E-state index in [1.807, 2.05) is 24.0 Å². The number of rotatable bonds is 6. The first-order chi connectivity index (χ1) is 17.0. The normalized spacial score (nSPS) is 15.4. The van der Waals surface area contributed by atoms with E-state index >= 15 is 0 Å². The van der Waals surface area contributed by atoms with E-state index in [0.717, 1.165) is 41.1 Å². The molecule has 8 heteroatoms. The van der Waals surface area contributed by atoms with Gasteiger partial charge in [-0.25, -0.2) is 4.98 Å². The molecule has 5 rings (SSSR count). The summed E-state index contributed by atoms with van der Waals surface area (Å²) in [6, 6.07) is 11.9. The maximum Gasteiger partial charge on any atom is 0.246 e. The predicted molar refractivity (Wildman–Crippen MR) is 130 cm³/mol. The van der Waals surface area contributed by atoms with Crippen LogP contribution in [0.3, 0.4) is 0 Å². The Kier molecular flexibility index (Phi) is 5.94. The third-order valence-electron chi connectivity index (χ3n) is 6.26. The number of benzene rings is 2. The molecule has 35 heavy (non-hydrogen) atoms. The largest absolute Gasteiger partial charge is 0.494 e. The van der Waals surface area contributed by atoms with Gasteiger partial charge in [-0.05, 0) is 62.2 Å². The van der Waals surface area contributed by atoms with Crippen molar-refractivity contribution in [3.63, 3.8) is 0 Å². The lowest BCUT2D eigenvalue weighted by atomic mass is 10.1. The van der Waals surface area contributed by atoms with E-state index in [9.17, 15) is 9.18 Å². The van der Waals surface area contributed by atoms with Gasteiger partial charge < -0.3 is 14.4 Å². The maximum absolute atomic E-state index is 14.5. The standard InChI is InChI=1S/C27H25FN4O3/c1-4-24(33)31-14-6-7-20(31)27-30-26(21-16-29-15-17(2)32(21)27)18-10-12-19(13-11-18)35-23-9-5-8-22(34-3)25(23)28/h4-5,8-13,15-16,20H,1,6-7,14H2,2-3H3. The average Bonchev–Trinajstić information content (AvgIpc) is 3.51. The van der Waals surface area contributed by atoms with Crippen LogP contribution < -0.4 is 9.47 Å². The van der Waals surface area contributed by atoms with Crippen LogP contribution in [0.4, 0.5) is 4.39 Å². The first-order valence-corrected chi connectivity index (χ1v) is 11.4. The molecule has 1 saturated heterocycles. The van der Waals surface area contributed by atoms with Crippen molar-refractivity contribution in [1.82, 2.24) is 19.3 Å². The SMILES string of the molecule is C=CC(=O)N1CCCC1c1nc(-c2ccc(Oc3cccc(OC)c3F)cc2)c2cncc(C)n12. The van der Waals surface area contributed by atoms with Crippen molar-refractivity contribution in [2.75, 3.05) is 13.7 Å². The fourth-order valence-electron chi connectivity index (χ4n) is 4.60. The van der Waals surface area contributed by atoms with Gasteiger partial charge in [0.05, 0.1) is 30.6 Å². The molecule has 4 aromatic rings. The van der Waals surface area contributed by atoms with E-state index in [0.29, 0.717) is 12.3 Å². The Morgan fingerprint density at radius 3 is 2.69 bits per heavy atom. The molecule has 2 aromatic heterocycles. The second-order valence-electron chi connectivity index (χ2n) is 8.38. The van der Waals surface area contributed by atoms with Gasteiger partial charge >= 0.3 is 0 Å². The first kappa shape index (κ1) is 22.6. The zero-order chi connectivity index (χ0) is 24.5. The zero-order valence-electron chi connectivity index (χ0n) is 19.6. The zero-order valence-corrected chi connectivity index (χ0v) is 19.6. The Hall–Kier alpha value is -4.20. The van der Waals surface area contributed by atoms with Crippen molar-refractivity contribution >= 4 is 11.4 Å². The van der Waals surface area contributed by atoms with Crippen molar-refractivity contribution in [3.8, 4) is 28.5 Å². The fraction of sp³-hybridized carbons (Fsp3) is 0.222. The maximum atomic E-state index is 14.5. The van der Waals surface area contributed by atoms with Crippen LogP contribution in [0.5, 0.6) is 17.2 Å². The molecule has 1 fully saturated rings. The number of hydrogen-bond donors (Lipinski definition) is 0. The van der Waals surface area contributed by atoms with Gasteiger partial charge in [-0.2, -0.15) is 4.39 Å². The number of carbonyl (C=O) groups excluding carboxylic acids is 1. The average molecular weight is 473 g/mol. The molecule has 1 aliphatic rings. The summed E-state index contributed by atoms with van der Waals surface area (Å²) in [6.45, 7) is 6.30. The van der Waals surface area contributed by atoms with Crippen LogP contribution in [0.15, 0.2) is 67.5 Å². The lowest BCUT2D eigenvalue weighted by Crippen LogP contribution is -2.30. The second kappa shape index (κ2) is 9.21. The Balaban J connectivity index is 1.52. The van der Waals surface area contributed by atoms with Gasteiger partial charge in [-0.3, -0.25) is 14.2 Å². The Bertz CT molecular complexity index is 1410. The van der Waals surface area contributed by atoms with Crippen LogP contribution in [0, 0.1) is 12.7 Å². The summed E-state index contributed by atoms with van der Waals surface area (Å²) in [6.07, 6.45) is 6.66. The van der Waals surface area contributed by atoms with Gasteiger partial charge in [-0.15, -0.1) is 0 Å². The lowest BCUT2D eigenvalue weighted by molar-refractivity contribution is -0.127. The minimum absolute atomic E-state index is 0.0832. The number of ether oxygens (including phenoxy) is 2. The number of aromatic nitrogens is 3. The molecule has 0 radical (unpaired) electrons. The lowest BCUT2D eigenvalue weighted by Gasteiger charge is -2.22. The predicted octanol–water partition coefficient (Wildman–Crippen LogP) is 5.49. The molecule has 1 amide bonds. The van der Waals surface area contributed by atoms with Crippen molar-refractivity contribution < 1.29 is 18.7 Å². The van der Waals surface area contributed by atoms with Gasteiger partial charge in [0, 0.05) is 24.0 Å². The highest BCUT2D eigenvalue weighted by Crippen LogP contribution is 2.37. The highest BCUT2D eigenvalue weighted by Gasteiger charge is 2.33. The molecule has 0 bridgehead atoms. The quantitative estimate of drug-likeness (QED) is 0.347. The highest BCUT2D eigenvalue weighted by molar-refractivity contribution is 5.87. The summed E-state index contributed by atoms with van der Waals surface area (Å²) in [5, 5.41) is 0. The smallest absolute Gasteiger partial charge is 0.246 e. The third kappa shape index (κ3) is 4.01. The number of carbonyl (C=O) groups is 1. The number of hydrogen-bond acceptors (Lipinski definition) is 5. The molecule has 1 aliphatic heterocycles. The molecule has 2 aromatic carbocycles. The summed E-state index contributed by atoms with van der Waals surface area (Å²) in [5.41, 5.74) is 3.40. The van der Waals surface area contributed by atoms with Crippen LogP contribution in [0.1, 0.15) is 30.4 Å². The minimum atomic E-state index is -0.555. The Labute approximate surface area is 202 Å². The van der Waals surface area contributed by atoms with E-state index in [1.54, 1.807) is 36.7 Å². The molecule has 0 aliphatic carbocycles. The number of imidazole rings is 1. The molecule has 7 nitrogen and oxygen atoms in total. The first-order valence-electron chi connectivity index (χ1n) is 11.4. The topological polar surface area (TPSA) is 69.0 Å². The van der Waals surface area contributed by atoms with Crippen LogP contribution in [0.25, 0.3) is 16.8 Å². The van der Waals surface area contributed by atoms with Gasteiger partial charge in [0.15, 0.2) is 11.5 Å². The second-order valence-corrected chi connectivity index (χ2v) is 8.38. The fourth-order valence-corrected chi connectivity index (χ4v) is 4.60. The summed E-state index contributed by atoms with van der Waals surface area (Å²) >= 11 is 0. The number of fused-ring (bicyclic) bond motifs is 1. The van der Waals surface area contributed by atoms with E-state index in [-0.39, 0.29) is 23.4 Å². The Morgan fingerprint density at radius 1 is 1.17 bits per heavy atom. The number of nitrogens with zero attached hydrogens (tertiary/aromatic N) is 4. The summed E-state index contributed by atoms with van der Waals surface area (Å²) in [5.74, 6) is 0.845. The van der Waals surface area contributed by atoms with Crippen molar-refractivity contribution in [2.24, 2.45) is 0 Å². The molecule has 1 atom stereocenters. The summed E-state index contributed by atoms with van der Waals surface area (Å²) < 4.78 is 27.3. The van der Waals surface area contributed by atoms with Gasteiger partial charge in [0.2, 0.25) is 11.7 Å². The van der Waals surface area contributed by atoms with E-state index < -0.39 is 5.82 Å². The van der Waals surface area contributed by atoms with Gasteiger partial charge in [0.1, 0.15) is 11.6 Å². The van der Waals surface area contributed by atoms with E-state index in [4.69, 9.17) is 14.5 Å². The number of halogens is 1. The minimum Gasteiger partial charge on any atom is -0.494 e. The monoisotopic (exact) mass is 472 g/mol. The molecule has 178 valence electrons. The molecule has 0 N–H and O–H groups in total. The molecule has 0 spiro atoms. The van der Waals surface area contributed by atoms with Crippen LogP contribution >= 0.6 is 0 Å². The van der Waals surface area contributed by atoms with Crippen molar-refractivity contribution in [1.29, 1.82) is 0 Å². The van der Waals surface area contributed by atoms with E-state index in [1.165, 1.54) is 19.3 Å². The third-order valence-corrected chi connectivity index (χ3v) is 6.26. The number of aryl methyl sites for hydroxylation is 1. The van der Waals surface area contributed by atoms with Gasteiger partial charge in [-0.1, -0.05) is 12.6 Å². The molecular weight excluding hydrogens is 447 g/mol. The number of methoxy groups -OCH3 is 1. The highest BCUT2D eigenvalue weighted by atomic mass is 19.1. The molecule has 0 saturated carbocycles. The Morgan fingerprint density at radius 2 is 1.94 bits per heavy atom. The number of likely N-dealkylation sites (tertiary alicyclic amines) is 1. The summed E-state index contributed by atoms with van der Waals surface area (Å²) in [4.78, 5) is 23.7. The molecular formula is C27H25FN4O3. The molecule has 3 heterocycles. The van der Waals surface area contributed by atoms with Crippen LogP contribution in [-0.4, -0.2) is 38.8 Å². The summed E-state index contributed by atoms with van der Waals surface area (Å²) in [7, 11) is 1.41. The molecule has 1 unspecified atom stereocenters. The van der Waals surface area contributed by atoms with Gasteiger partial charge in [0.25, 0.3) is 0 Å². The van der Waals surface area contributed by atoms with Crippen LogP contribution in [-0.2, 0) is 4.79 Å². The van der Waals surface area contributed by atoms with Crippen molar-refractivity contribution in [3.05, 3.63) is 84.8 Å². The van der Waals surface area contributed by atoms with E-state index in [2.05, 4.69) is 16.0 Å². The van der Waals surface area contributed by atoms with Crippen LogP contribution in [0.2, 0.25) is 0 Å².